The molecule has 0 amide bonds. The summed E-state index contributed by atoms with van der Waals surface area (Å²) in [6.07, 6.45) is 3.25. The number of aromatic nitrogens is 7. The second-order valence-corrected chi connectivity index (χ2v) is 7.92. The van der Waals surface area contributed by atoms with E-state index in [0.29, 0.717) is 24.6 Å². The standard InChI is InChI=1S/C24H27N7O2/c1-3-5-10-21-25-22(18(4-2)24(32)33)28-31(21)15-16-11-13-17(14-12-16)19-8-6-7-9-20(19)23-26-29-30-27-23/h6-9,11-14,18H,3-5,10,15H2,1-2H3,(H,32,33)(H,26,27,29,30). The third kappa shape index (κ3) is 4.97. The van der Waals surface area contributed by atoms with Gasteiger partial charge in [-0.25, -0.2) is 9.67 Å². The summed E-state index contributed by atoms with van der Waals surface area (Å²) in [5.74, 6) is 0.200. The Morgan fingerprint density at radius 3 is 2.48 bits per heavy atom. The van der Waals surface area contributed by atoms with Crippen molar-refractivity contribution in [3.05, 3.63) is 65.7 Å². The molecule has 0 saturated carbocycles. The van der Waals surface area contributed by atoms with Crippen LogP contribution in [0, 0.1) is 0 Å². The van der Waals surface area contributed by atoms with E-state index < -0.39 is 11.9 Å². The number of hydrogen-bond donors (Lipinski definition) is 2. The number of tetrazole rings is 1. The number of unbranched alkanes of at least 4 members (excludes halogenated alkanes) is 1. The third-order valence-corrected chi connectivity index (χ3v) is 5.65. The summed E-state index contributed by atoms with van der Waals surface area (Å²) < 4.78 is 1.85. The van der Waals surface area contributed by atoms with E-state index in [4.69, 9.17) is 0 Å². The van der Waals surface area contributed by atoms with Gasteiger partial charge in [0.25, 0.3) is 0 Å². The number of nitrogens with zero attached hydrogens (tertiary/aromatic N) is 6. The highest BCUT2D eigenvalue weighted by Crippen LogP contribution is 2.30. The van der Waals surface area contributed by atoms with Gasteiger partial charge in [0.15, 0.2) is 5.82 Å². The normalized spacial score (nSPS) is 12.1. The van der Waals surface area contributed by atoms with Crippen LogP contribution in [-0.2, 0) is 17.8 Å². The SMILES string of the molecule is CCCCc1nc(C(CC)C(=O)O)nn1Cc1ccc(-c2ccccc2-c2nn[nH]n2)cc1. The number of aromatic amines is 1. The van der Waals surface area contributed by atoms with Crippen LogP contribution in [0.5, 0.6) is 0 Å². The lowest BCUT2D eigenvalue weighted by atomic mass is 9.98. The van der Waals surface area contributed by atoms with Crippen LogP contribution in [-0.4, -0.2) is 46.5 Å². The molecule has 9 nitrogen and oxygen atoms in total. The quantitative estimate of drug-likeness (QED) is 0.377. The highest BCUT2D eigenvalue weighted by molar-refractivity contribution is 5.80. The number of carbonyl (C=O) groups is 1. The van der Waals surface area contributed by atoms with Gasteiger partial charge < -0.3 is 5.11 Å². The van der Waals surface area contributed by atoms with Crippen LogP contribution in [0.2, 0.25) is 0 Å². The van der Waals surface area contributed by atoms with Crippen LogP contribution in [0.4, 0.5) is 0 Å². The van der Waals surface area contributed by atoms with Crippen molar-refractivity contribution in [3.63, 3.8) is 0 Å². The molecule has 2 aromatic heterocycles. The Morgan fingerprint density at radius 1 is 1.09 bits per heavy atom. The van der Waals surface area contributed by atoms with E-state index in [2.05, 4.69) is 61.9 Å². The van der Waals surface area contributed by atoms with E-state index in [9.17, 15) is 9.90 Å². The maximum Gasteiger partial charge on any atom is 0.314 e. The molecule has 4 aromatic rings. The summed E-state index contributed by atoms with van der Waals surface area (Å²) in [6.45, 7) is 4.50. The largest absolute Gasteiger partial charge is 0.481 e. The molecule has 0 aliphatic rings. The van der Waals surface area contributed by atoms with Crippen LogP contribution < -0.4 is 0 Å². The number of rotatable bonds is 10. The van der Waals surface area contributed by atoms with Gasteiger partial charge in [-0.3, -0.25) is 4.79 Å². The number of H-pyrrole nitrogens is 1. The Balaban J connectivity index is 1.60. The third-order valence-electron chi connectivity index (χ3n) is 5.65. The summed E-state index contributed by atoms with van der Waals surface area (Å²) in [6, 6.07) is 16.2. The summed E-state index contributed by atoms with van der Waals surface area (Å²) in [5.41, 5.74) is 4.03. The molecule has 0 saturated heterocycles. The number of hydrogen-bond acceptors (Lipinski definition) is 6. The fourth-order valence-corrected chi connectivity index (χ4v) is 3.82. The van der Waals surface area contributed by atoms with Gasteiger partial charge in [0.05, 0.1) is 6.54 Å². The minimum Gasteiger partial charge on any atom is -0.481 e. The first-order valence-corrected chi connectivity index (χ1v) is 11.2. The molecule has 0 aliphatic carbocycles. The van der Waals surface area contributed by atoms with Gasteiger partial charge in [-0.2, -0.15) is 10.3 Å². The van der Waals surface area contributed by atoms with Crippen molar-refractivity contribution < 1.29 is 9.90 Å². The minimum absolute atomic E-state index is 0.391. The molecule has 1 unspecified atom stereocenters. The Kier molecular flexibility index (Phi) is 6.87. The average Bonchev–Trinajstić information content (AvgIpc) is 3.49. The van der Waals surface area contributed by atoms with Crippen molar-refractivity contribution in [2.24, 2.45) is 0 Å². The van der Waals surface area contributed by atoms with Gasteiger partial charge in [-0.05, 0) is 34.7 Å². The highest BCUT2D eigenvalue weighted by Gasteiger charge is 2.24. The van der Waals surface area contributed by atoms with Gasteiger partial charge in [0, 0.05) is 12.0 Å². The van der Waals surface area contributed by atoms with Gasteiger partial charge in [-0.1, -0.05) is 68.8 Å². The second-order valence-electron chi connectivity index (χ2n) is 7.92. The summed E-state index contributed by atoms with van der Waals surface area (Å²) in [7, 11) is 0. The zero-order valence-electron chi connectivity index (χ0n) is 18.8. The van der Waals surface area contributed by atoms with E-state index in [-0.39, 0.29) is 0 Å². The smallest absolute Gasteiger partial charge is 0.314 e. The Bertz CT molecular complexity index is 1200. The number of nitrogens with one attached hydrogen (secondary N) is 1. The van der Waals surface area contributed by atoms with Crippen LogP contribution in [0.3, 0.4) is 0 Å². The summed E-state index contributed by atoms with van der Waals surface area (Å²) in [5, 5.41) is 28.5. The monoisotopic (exact) mass is 445 g/mol. The molecule has 0 fully saturated rings. The molecule has 170 valence electrons. The molecule has 0 spiro atoms. The van der Waals surface area contributed by atoms with Crippen molar-refractivity contribution in [3.8, 4) is 22.5 Å². The van der Waals surface area contributed by atoms with E-state index in [1.165, 1.54) is 0 Å². The van der Waals surface area contributed by atoms with Gasteiger partial charge in [-0.15, -0.1) is 10.2 Å². The fourth-order valence-electron chi connectivity index (χ4n) is 3.82. The Morgan fingerprint density at radius 2 is 1.85 bits per heavy atom. The molecule has 1 atom stereocenters. The van der Waals surface area contributed by atoms with Gasteiger partial charge in [0.2, 0.25) is 5.82 Å². The van der Waals surface area contributed by atoms with Crippen molar-refractivity contribution in [2.45, 2.75) is 52.0 Å². The van der Waals surface area contributed by atoms with E-state index in [1.807, 2.05) is 35.9 Å². The number of carboxylic acids is 1. The van der Waals surface area contributed by atoms with Crippen molar-refractivity contribution in [1.82, 2.24) is 35.4 Å². The number of aliphatic carboxylic acids is 1. The molecule has 4 rings (SSSR count). The minimum atomic E-state index is -0.888. The van der Waals surface area contributed by atoms with Gasteiger partial charge >= 0.3 is 5.97 Å². The number of carboxylic acid groups (broad SMARTS) is 1. The van der Waals surface area contributed by atoms with Crippen molar-refractivity contribution >= 4 is 5.97 Å². The molecule has 2 aromatic carbocycles. The summed E-state index contributed by atoms with van der Waals surface area (Å²) in [4.78, 5) is 16.2. The van der Waals surface area contributed by atoms with E-state index >= 15 is 0 Å². The average molecular weight is 446 g/mol. The van der Waals surface area contributed by atoms with E-state index in [1.54, 1.807) is 0 Å². The Hall–Kier alpha value is -3.88. The lowest BCUT2D eigenvalue weighted by Crippen LogP contribution is -2.13. The Labute approximate surface area is 191 Å². The van der Waals surface area contributed by atoms with Gasteiger partial charge in [0.1, 0.15) is 11.7 Å². The zero-order valence-corrected chi connectivity index (χ0v) is 18.8. The maximum absolute atomic E-state index is 11.6. The predicted octanol–water partition coefficient (Wildman–Crippen LogP) is 4.09. The second kappa shape index (κ2) is 10.2. The topological polar surface area (TPSA) is 122 Å². The molecule has 2 heterocycles. The first kappa shape index (κ1) is 22.3. The van der Waals surface area contributed by atoms with Crippen LogP contribution in [0.25, 0.3) is 22.5 Å². The number of benzene rings is 2. The highest BCUT2D eigenvalue weighted by atomic mass is 16.4. The van der Waals surface area contributed by atoms with Crippen LogP contribution in [0.1, 0.15) is 56.2 Å². The molecule has 0 aliphatic heterocycles. The summed E-state index contributed by atoms with van der Waals surface area (Å²) >= 11 is 0. The van der Waals surface area contributed by atoms with Crippen molar-refractivity contribution in [2.75, 3.05) is 0 Å². The molecular weight excluding hydrogens is 418 g/mol. The lowest BCUT2D eigenvalue weighted by molar-refractivity contribution is -0.139. The molecule has 0 radical (unpaired) electrons. The zero-order chi connectivity index (χ0) is 23.2. The molecule has 0 bridgehead atoms. The number of aryl methyl sites for hydroxylation is 1. The molecular formula is C24H27N7O2. The lowest BCUT2D eigenvalue weighted by Gasteiger charge is -2.09. The first-order valence-electron chi connectivity index (χ1n) is 11.2. The van der Waals surface area contributed by atoms with E-state index in [0.717, 1.165) is 47.3 Å². The maximum atomic E-state index is 11.6. The predicted molar refractivity (Wildman–Crippen MR) is 123 cm³/mol. The first-order chi connectivity index (χ1) is 16.1. The fraction of sp³-hybridized carbons (Fsp3) is 0.333. The van der Waals surface area contributed by atoms with Crippen molar-refractivity contribution in [1.29, 1.82) is 0 Å². The van der Waals surface area contributed by atoms with Crippen LogP contribution in [0.15, 0.2) is 48.5 Å². The molecule has 33 heavy (non-hydrogen) atoms. The van der Waals surface area contributed by atoms with Crippen LogP contribution >= 0.6 is 0 Å². The molecule has 9 heteroatoms. The molecule has 2 N–H and O–H groups in total.